The van der Waals surface area contributed by atoms with Crippen LogP contribution in [0.15, 0.2) is 4.79 Å². The first-order chi connectivity index (χ1) is 9.88. The second kappa shape index (κ2) is 7.93. The number of aliphatic hydroxyl groups is 1. The van der Waals surface area contributed by atoms with Crippen molar-refractivity contribution >= 4 is 5.91 Å². The molecule has 0 aliphatic carbocycles. The van der Waals surface area contributed by atoms with E-state index in [4.69, 9.17) is 0 Å². The number of rotatable bonds is 7. The number of carbonyl (C=O) groups is 1. The third kappa shape index (κ3) is 4.97. The molecule has 0 aromatic carbocycles. The molecule has 0 fully saturated rings. The molecule has 0 saturated heterocycles. The molecule has 1 atom stereocenters. The highest BCUT2D eigenvalue weighted by atomic mass is 16.3. The summed E-state index contributed by atoms with van der Waals surface area (Å²) in [5.41, 5.74) is 0.651. The lowest BCUT2D eigenvalue weighted by Gasteiger charge is -2.20. The van der Waals surface area contributed by atoms with Crippen LogP contribution in [0.5, 0.6) is 0 Å². The molecule has 1 heterocycles. The zero-order chi connectivity index (χ0) is 16.0. The topological polar surface area (TPSA) is 95.1 Å². The highest BCUT2D eigenvalue weighted by Crippen LogP contribution is 2.12. The van der Waals surface area contributed by atoms with Crippen LogP contribution in [-0.2, 0) is 11.2 Å². The molecule has 21 heavy (non-hydrogen) atoms. The van der Waals surface area contributed by atoms with Gasteiger partial charge in [0.25, 0.3) is 5.56 Å². The van der Waals surface area contributed by atoms with Crippen molar-refractivity contribution in [2.45, 2.75) is 53.1 Å². The summed E-state index contributed by atoms with van der Waals surface area (Å²) in [5, 5.41) is 12.7. The maximum atomic E-state index is 11.9. The number of hydrogen-bond donors (Lipinski definition) is 3. The average Bonchev–Trinajstić information content (AvgIpc) is 2.42. The van der Waals surface area contributed by atoms with Crippen LogP contribution in [0.3, 0.4) is 0 Å². The summed E-state index contributed by atoms with van der Waals surface area (Å²) < 4.78 is 0. The highest BCUT2D eigenvalue weighted by molar-refractivity contribution is 5.78. The lowest BCUT2D eigenvalue weighted by atomic mass is 9.96. The molecule has 1 amide bonds. The molecule has 0 aliphatic heterocycles. The predicted octanol–water partition coefficient (Wildman–Crippen LogP) is 0.843. The lowest BCUT2D eigenvalue weighted by Crippen LogP contribution is -2.37. The molecular formula is C15H25N3O3. The summed E-state index contributed by atoms with van der Waals surface area (Å²) in [7, 11) is 0. The largest absolute Gasteiger partial charge is 0.391 e. The van der Waals surface area contributed by atoms with E-state index < -0.39 is 6.10 Å². The van der Waals surface area contributed by atoms with Crippen LogP contribution in [-0.4, -0.2) is 33.6 Å². The summed E-state index contributed by atoms with van der Waals surface area (Å²) in [6.45, 7) is 7.65. The fraction of sp³-hybridized carbons (Fsp3) is 0.667. The Kier molecular flexibility index (Phi) is 6.55. The van der Waals surface area contributed by atoms with Crippen molar-refractivity contribution < 1.29 is 9.90 Å². The van der Waals surface area contributed by atoms with E-state index in [-0.39, 0.29) is 30.3 Å². The zero-order valence-corrected chi connectivity index (χ0v) is 13.2. The summed E-state index contributed by atoms with van der Waals surface area (Å²) >= 11 is 0. The predicted molar refractivity (Wildman–Crippen MR) is 81.1 cm³/mol. The number of aromatic amines is 1. The second-order valence-electron chi connectivity index (χ2n) is 5.34. The number of hydrogen-bond acceptors (Lipinski definition) is 4. The molecule has 3 N–H and O–H groups in total. The number of H-pyrrole nitrogens is 1. The van der Waals surface area contributed by atoms with E-state index in [0.29, 0.717) is 17.1 Å². The number of aromatic nitrogens is 2. The minimum atomic E-state index is -0.556. The quantitative estimate of drug-likeness (QED) is 0.694. The van der Waals surface area contributed by atoms with Gasteiger partial charge in [0.1, 0.15) is 5.82 Å². The molecule has 1 rings (SSSR count). The van der Waals surface area contributed by atoms with Crippen LogP contribution in [0.2, 0.25) is 0 Å². The Morgan fingerprint density at radius 3 is 2.48 bits per heavy atom. The van der Waals surface area contributed by atoms with E-state index in [2.05, 4.69) is 15.3 Å². The minimum absolute atomic E-state index is 0.0237. The monoisotopic (exact) mass is 295 g/mol. The normalized spacial score (nSPS) is 12.5. The van der Waals surface area contributed by atoms with E-state index in [0.717, 1.165) is 12.8 Å². The minimum Gasteiger partial charge on any atom is -0.391 e. The van der Waals surface area contributed by atoms with Crippen LogP contribution in [0, 0.1) is 19.8 Å². The first kappa shape index (κ1) is 17.4. The third-order valence-corrected chi connectivity index (χ3v) is 3.78. The van der Waals surface area contributed by atoms with Crippen molar-refractivity contribution in [2.75, 3.05) is 6.54 Å². The first-order valence-electron chi connectivity index (χ1n) is 7.40. The fourth-order valence-electron chi connectivity index (χ4n) is 2.40. The van der Waals surface area contributed by atoms with Gasteiger partial charge in [-0.1, -0.05) is 26.7 Å². The molecule has 1 aromatic rings. The Labute approximate surface area is 125 Å². The van der Waals surface area contributed by atoms with Gasteiger partial charge in [0, 0.05) is 17.8 Å². The van der Waals surface area contributed by atoms with Gasteiger partial charge >= 0.3 is 0 Å². The molecule has 0 radical (unpaired) electrons. The van der Waals surface area contributed by atoms with Crippen molar-refractivity contribution in [1.29, 1.82) is 0 Å². The molecule has 1 aromatic heterocycles. The van der Waals surface area contributed by atoms with E-state index in [9.17, 15) is 14.7 Å². The maximum Gasteiger partial charge on any atom is 0.254 e. The van der Waals surface area contributed by atoms with Gasteiger partial charge in [-0.05, 0) is 19.8 Å². The van der Waals surface area contributed by atoms with Crippen LogP contribution in [0.25, 0.3) is 0 Å². The number of nitrogens with one attached hydrogen (secondary N) is 2. The van der Waals surface area contributed by atoms with Crippen molar-refractivity contribution in [3.8, 4) is 0 Å². The van der Waals surface area contributed by atoms with Gasteiger partial charge < -0.3 is 15.4 Å². The van der Waals surface area contributed by atoms with Crippen LogP contribution in [0.1, 0.15) is 43.8 Å². The van der Waals surface area contributed by atoms with Crippen LogP contribution in [0.4, 0.5) is 0 Å². The summed E-state index contributed by atoms with van der Waals surface area (Å²) in [6, 6.07) is 0. The molecule has 0 saturated carbocycles. The Balaban J connectivity index is 2.61. The van der Waals surface area contributed by atoms with Gasteiger partial charge in [0.2, 0.25) is 5.91 Å². The zero-order valence-electron chi connectivity index (χ0n) is 13.2. The van der Waals surface area contributed by atoms with E-state index in [1.165, 1.54) is 0 Å². The van der Waals surface area contributed by atoms with Gasteiger partial charge in [-0.15, -0.1) is 0 Å². The highest BCUT2D eigenvalue weighted by Gasteiger charge is 2.17. The standard InChI is InChI=1S/C15H25N3O3/c1-5-11(6-2)13(19)8-16-14(20)7-12-9(3)17-10(4)18-15(12)21/h11,13,19H,5-8H2,1-4H3,(H,16,20)(H,17,18,21). The van der Waals surface area contributed by atoms with Crippen molar-refractivity contribution in [1.82, 2.24) is 15.3 Å². The van der Waals surface area contributed by atoms with E-state index in [1.54, 1.807) is 13.8 Å². The summed E-state index contributed by atoms with van der Waals surface area (Å²) in [6.07, 6.45) is 1.16. The smallest absolute Gasteiger partial charge is 0.254 e. The third-order valence-electron chi connectivity index (χ3n) is 3.78. The van der Waals surface area contributed by atoms with E-state index >= 15 is 0 Å². The number of aryl methyl sites for hydroxylation is 2. The number of carbonyl (C=O) groups excluding carboxylic acids is 1. The first-order valence-corrected chi connectivity index (χ1v) is 7.40. The van der Waals surface area contributed by atoms with Gasteiger partial charge in [-0.2, -0.15) is 0 Å². The molecule has 6 nitrogen and oxygen atoms in total. The molecule has 6 heteroatoms. The molecular weight excluding hydrogens is 270 g/mol. The van der Waals surface area contributed by atoms with Crippen LogP contribution < -0.4 is 10.9 Å². The van der Waals surface area contributed by atoms with Crippen molar-refractivity contribution in [3.63, 3.8) is 0 Å². The molecule has 0 aliphatic rings. The Hall–Kier alpha value is -1.69. The average molecular weight is 295 g/mol. The van der Waals surface area contributed by atoms with Crippen molar-refractivity contribution in [2.24, 2.45) is 5.92 Å². The van der Waals surface area contributed by atoms with Gasteiger partial charge in [0.05, 0.1) is 12.5 Å². The van der Waals surface area contributed by atoms with Crippen molar-refractivity contribution in [3.05, 3.63) is 27.4 Å². The molecule has 0 spiro atoms. The van der Waals surface area contributed by atoms with Gasteiger partial charge in [-0.25, -0.2) is 4.98 Å². The van der Waals surface area contributed by atoms with Gasteiger partial charge in [0.15, 0.2) is 0 Å². The number of nitrogens with zero attached hydrogens (tertiary/aromatic N) is 1. The molecule has 1 unspecified atom stereocenters. The second-order valence-corrected chi connectivity index (χ2v) is 5.34. The number of amides is 1. The lowest BCUT2D eigenvalue weighted by molar-refractivity contribution is -0.121. The molecule has 118 valence electrons. The van der Waals surface area contributed by atoms with Gasteiger partial charge in [-0.3, -0.25) is 9.59 Å². The Morgan fingerprint density at radius 1 is 1.33 bits per heavy atom. The maximum absolute atomic E-state index is 11.9. The Morgan fingerprint density at radius 2 is 1.95 bits per heavy atom. The van der Waals surface area contributed by atoms with Crippen LogP contribution >= 0.6 is 0 Å². The molecule has 0 bridgehead atoms. The summed E-state index contributed by atoms with van der Waals surface area (Å²) in [4.78, 5) is 30.5. The Bertz CT molecular complexity index is 535. The SMILES string of the molecule is CCC(CC)C(O)CNC(=O)Cc1c(C)nc(C)[nH]c1=O. The fourth-order valence-corrected chi connectivity index (χ4v) is 2.40. The summed E-state index contributed by atoms with van der Waals surface area (Å²) in [5.74, 6) is 0.432. The number of aliphatic hydroxyl groups excluding tert-OH is 1. The van der Waals surface area contributed by atoms with E-state index in [1.807, 2.05) is 13.8 Å².